The van der Waals surface area contributed by atoms with E-state index in [1.54, 1.807) is 11.8 Å². The minimum absolute atomic E-state index is 0.778. The molecule has 0 aliphatic carbocycles. The first-order chi connectivity index (χ1) is 7.65. The Bertz CT molecular complexity index is 497. The lowest BCUT2D eigenvalue weighted by atomic mass is 10.3. The minimum Gasteiger partial charge on any atom is -0.399 e. The molecule has 1 heterocycles. The lowest BCUT2D eigenvalue weighted by molar-refractivity contribution is 1.08. The molecule has 82 valence electrons. The van der Waals surface area contributed by atoms with Gasteiger partial charge in [-0.2, -0.15) is 0 Å². The molecule has 2 rings (SSSR count). The number of hydrogen-bond donors (Lipinski definition) is 1. The monoisotopic (exact) mass is 294 g/mol. The Balaban J connectivity index is 2.23. The highest BCUT2D eigenvalue weighted by Crippen LogP contribution is 2.32. The smallest absolute Gasteiger partial charge is 0.115 e. The maximum atomic E-state index is 5.64. The number of anilines is 1. The topological polar surface area (TPSA) is 38.9 Å². The summed E-state index contributed by atoms with van der Waals surface area (Å²) in [4.78, 5) is 5.51. The summed E-state index contributed by atoms with van der Waals surface area (Å²) in [6.07, 6.45) is 1.87. The first-order valence-electron chi connectivity index (χ1n) is 4.81. The van der Waals surface area contributed by atoms with Crippen molar-refractivity contribution in [3.63, 3.8) is 0 Å². The van der Waals surface area contributed by atoms with Gasteiger partial charge in [-0.05, 0) is 58.7 Å². The Morgan fingerprint density at radius 2 is 1.94 bits per heavy atom. The van der Waals surface area contributed by atoms with Crippen molar-refractivity contribution in [1.82, 2.24) is 4.98 Å². The largest absolute Gasteiger partial charge is 0.399 e. The van der Waals surface area contributed by atoms with E-state index in [0.29, 0.717) is 0 Å². The van der Waals surface area contributed by atoms with Crippen molar-refractivity contribution in [2.75, 3.05) is 5.73 Å². The highest BCUT2D eigenvalue weighted by atomic mass is 79.9. The van der Waals surface area contributed by atoms with Gasteiger partial charge >= 0.3 is 0 Å². The zero-order valence-corrected chi connectivity index (χ0v) is 11.2. The van der Waals surface area contributed by atoms with Crippen LogP contribution in [0, 0.1) is 6.92 Å². The van der Waals surface area contributed by atoms with E-state index in [1.807, 2.05) is 37.4 Å². The van der Waals surface area contributed by atoms with Crippen molar-refractivity contribution in [3.8, 4) is 0 Å². The summed E-state index contributed by atoms with van der Waals surface area (Å²) in [5.41, 5.74) is 7.56. The molecule has 0 aliphatic heterocycles. The minimum atomic E-state index is 0.778. The Hall–Kier alpha value is -1.00. The summed E-state index contributed by atoms with van der Waals surface area (Å²) in [5.74, 6) is 0. The fourth-order valence-corrected chi connectivity index (χ4v) is 2.71. The van der Waals surface area contributed by atoms with E-state index in [0.717, 1.165) is 25.6 Å². The second-order valence-corrected chi connectivity index (χ2v) is 5.39. The molecule has 0 aliphatic rings. The van der Waals surface area contributed by atoms with Gasteiger partial charge in [0, 0.05) is 16.8 Å². The molecule has 0 radical (unpaired) electrons. The van der Waals surface area contributed by atoms with Crippen molar-refractivity contribution >= 4 is 33.4 Å². The van der Waals surface area contributed by atoms with Crippen molar-refractivity contribution < 1.29 is 0 Å². The van der Waals surface area contributed by atoms with Gasteiger partial charge in [0.25, 0.3) is 0 Å². The quantitative estimate of drug-likeness (QED) is 0.854. The van der Waals surface area contributed by atoms with Crippen LogP contribution in [0.5, 0.6) is 0 Å². The van der Waals surface area contributed by atoms with Gasteiger partial charge in [-0.25, -0.2) is 4.98 Å². The average Bonchev–Trinajstić information content (AvgIpc) is 2.25. The van der Waals surface area contributed by atoms with Crippen molar-refractivity contribution in [3.05, 3.63) is 46.6 Å². The van der Waals surface area contributed by atoms with Gasteiger partial charge in [0.1, 0.15) is 5.03 Å². The predicted octanol–water partition coefficient (Wildman–Crippen LogP) is 3.89. The van der Waals surface area contributed by atoms with Crippen LogP contribution in [0.25, 0.3) is 0 Å². The van der Waals surface area contributed by atoms with Gasteiger partial charge < -0.3 is 5.73 Å². The number of aromatic nitrogens is 1. The average molecular weight is 295 g/mol. The van der Waals surface area contributed by atoms with Gasteiger partial charge in [-0.15, -0.1) is 0 Å². The number of nitrogens with zero attached hydrogens (tertiary/aromatic N) is 1. The molecule has 0 amide bonds. The van der Waals surface area contributed by atoms with Crippen molar-refractivity contribution in [1.29, 1.82) is 0 Å². The van der Waals surface area contributed by atoms with E-state index < -0.39 is 0 Å². The lowest BCUT2D eigenvalue weighted by Crippen LogP contribution is -1.85. The molecule has 0 atom stereocenters. The molecule has 16 heavy (non-hydrogen) atoms. The third kappa shape index (κ3) is 2.77. The van der Waals surface area contributed by atoms with E-state index >= 15 is 0 Å². The van der Waals surface area contributed by atoms with Gasteiger partial charge in [0.05, 0.1) is 4.47 Å². The zero-order valence-electron chi connectivity index (χ0n) is 8.77. The molecule has 1 aromatic carbocycles. The standard InChI is InChI=1S/C12H11BrN2S/c1-8-6-11(13)12(15-7-8)16-10-4-2-9(14)3-5-10/h2-7H,14H2,1H3. The third-order valence-corrected chi connectivity index (χ3v) is 3.93. The summed E-state index contributed by atoms with van der Waals surface area (Å²) in [5, 5.41) is 0.968. The fourth-order valence-electron chi connectivity index (χ4n) is 1.24. The van der Waals surface area contributed by atoms with Crippen LogP contribution in [0.15, 0.2) is 50.9 Å². The summed E-state index contributed by atoms with van der Waals surface area (Å²) >= 11 is 5.13. The normalized spacial score (nSPS) is 10.4. The number of aryl methyl sites for hydroxylation is 1. The number of rotatable bonds is 2. The van der Waals surface area contributed by atoms with Gasteiger partial charge in [-0.1, -0.05) is 11.8 Å². The lowest BCUT2D eigenvalue weighted by Gasteiger charge is -2.04. The maximum absolute atomic E-state index is 5.64. The molecule has 0 spiro atoms. The molecule has 4 heteroatoms. The third-order valence-electron chi connectivity index (χ3n) is 2.04. The highest BCUT2D eigenvalue weighted by Gasteiger charge is 2.03. The molecule has 0 unspecified atom stereocenters. The summed E-state index contributed by atoms with van der Waals surface area (Å²) < 4.78 is 1.02. The van der Waals surface area contributed by atoms with E-state index in [2.05, 4.69) is 27.0 Å². The Kier molecular flexibility index (Phi) is 3.51. The number of halogens is 1. The van der Waals surface area contributed by atoms with E-state index in [-0.39, 0.29) is 0 Å². The highest BCUT2D eigenvalue weighted by molar-refractivity contribution is 9.10. The van der Waals surface area contributed by atoms with Gasteiger partial charge in [0.15, 0.2) is 0 Å². The SMILES string of the molecule is Cc1cnc(Sc2ccc(N)cc2)c(Br)c1. The molecule has 0 saturated carbocycles. The van der Waals surface area contributed by atoms with E-state index in [9.17, 15) is 0 Å². The van der Waals surface area contributed by atoms with Crippen LogP contribution in [-0.2, 0) is 0 Å². The second-order valence-electron chi connectivity index (χ2n) is 3.47. The number of benzene rings is 1. The van der Waals surface area contributed by atoms with Crippen LogP contribution < -0.4 is 5.73 Å². The van der Waals surface area contributed by atoms with Crippen molar-refractivity contribution in [2.24, 2.45) is 0 Å². The molecule has 2 nitrogen and oxygen atoms in total. The first-order valence-corrected chi connectivity index (χ1v) is 6.41. The summed E-state index contributed by atoms with van der Waals surface area (Å²) in [6, 6.07) is 9.84. The number of pyridine rings is 1. The molecular weight excluding hydrogens is 284 g/mol. The molecule has 2 N–H and O–H groups in total. The Morgan fingerprint density at radius 3 is 2.56 bits per heavy atom. The van der Waals surface area contributed by atoms with Crippen LogP contribution in [-0.4, -0.2) is 4.98 Å². The second kappa shape index (κ2) is 4.89. The molecular formula is C12H11BrN2S. The fraction of sp³-hybridized carbons (Fsp3) is 0.0833. The van der Waals surface area contributed by atoms with Crippen LogP contribution in [0.2, 0.25) is 0 Å². The Morgan fingerprint density at radius 1 is 1.25 bits per heavy atom. The summed E-state index contributed by atoms with van der Waals surface area (Å²) in [7, 11) is 0. The van der Waals surface area contributed by atoms with Crippen LogP contribution in [0.3, 0.4) is 0 Å². The van der Waals surface area contributed by atoms with Crippen LogP contribution in [0.1, 0.15) is 5.56 Å². The molecule has 0 fully saturated rings. The number of nitrogens with two attached hydrogens (primary N) is 1. The molecule has 1 aromatic heterocycles. The first kappa shape index (κ1) is 11.5. The zero-order chi connectivity index (χ0) is 11.5. The van der Waals surface area contributed by atoms with Gasteiger partial charge in [0.2, 0.25) is 0 Å². The van der Waals surface area contributed by atoms with E-state index in [4.69, 9.17) is 5.73 Å². The van der Waals surface area contributed by atoms with Gasteiger partial charge in [-0.3, -0.25) is 0 Å². The molecule has 0 saturated heterocycles. The molecule has 0 bridgehead atoms. The summed E-state index contributed by atoms with van der Waals surface area (Å²) in [6.45, 7) is 2.02. The number of hydrogen-bond acceptors (Lipinski definition) is 3. The van der Waals surface area contributed by atoms with Crippen LogP contribution in [0.4, 0.5) is 5.69 Å². The molecule has 2 aromatic rings. The van der Waals surface area contributed by atoms with E-state index in [1.165, 1.54) is 0 Å². The Labute approximate surface area is 107 Å². The predicted molar refractivity (Wildman–Crippen MR) is 71.7 cm³/mol. The van der Waals surface area contributed by atoms with Crippen LogP contribution >= 0.6 is 27.7 Å². The number of nitrogen functional groups attached to an aromatic ring is 1. The van der Waals surface area contributed by atoms with Crippen molar-refractivity contribution in [2.45, 2.75) is 16.8 Å². The maximum Gasteiger partial charge on any atom is 0.115 e.